The number of ether oxygens (including phenoxy) is 2. The Hall–Kier alpha value is -2.28. The highest BCUT2D eigenvalue weighted by Gasteiger charge is 2.43. The molecule has 0 aromatic carbocycles. The Bertz CT molecular complexity index is 935. The number of hydrogen-bond donors (Lipinski definition) is 0. The largest absolute Gasteiger partial charge is 0.466 e. The maximum absolute atomic E-state index is 12.4. The lowest BCUT2D eigenvalue weighted by Gasteiger charge is -2.23. The number of carbonyl (C=O) groups excluding carboxylic acids is 1. The second kappa shape index (κ2) is 9.07. The van der Waals surface area contributed by atoms with Crippen LogP contribution in [0.4, 0.5) is 0 Å². The summed E-state index contributed by atoms with van der Waals surface area (Å²) in [4.78, 5) is 22.0. The average Bonchev–Trinajstić information content (AvgIpc) is 3.32. The zero-order chi connectivity index (χ0) is 22.0. The van der Waals surface area contributed by atoms with Crippen molar-refractivity contribution in [2.75, 3.05) is 13.2 Å². The molecule has 2 fully saturated rings. The lowest BCUT2D eigenvalue weighted by Crippen LogP contribution is -2.27. The fraction of sp³-hybridized carbons (Fsp3) is 0.667. The third-order valence-corrected chi connectivity index (χ3v) is 6.59. The summed E-state index contributed by atoms with van der Waals surface area (Å²) >= 11 is 0. The summed E-state index contributed by atoms with van der Waals surface area (Å²) in [5.74, 6) is 0.952. The van der Waals surface area contributed by atoms with Crippen molar-refractivity contribution < 1.29 is 14.3 Å². The van der Waals surface area contributed by atoms with Crippen molar-refractivity contribution >= 4 is 5.97 Å². The van der Waals surface area contributed by atoms with E-state index in [1.165, 1.54) is 6.42 Å². The fourth-order valence-corrected chi connectivity index (χ4v) is 4.94. The average molecular weight is 427 g/mol. The lowest BCUT2D eigenvalue weighted by molar-refractivity contribution is -0.154. The number of carbonyl (C=O) groups is 1. The summed E-state index contributed by atoms with van der Waals surface area (Å²) in [6, 6.07) is 4.17. The molecule has 3 atom stereocenters. The molecule has 2 aromatic heterocycles. The van der Waals surface area contributed by atoms with Crippen LogP contribution < -0.4 is 0 Å². The van der Waals surface area contributed by atoms with Crippen LogP contribution in [0.2, 0.25) is 0 Å². The molecule has 1 unspecified atom stereocenters. The van der Waals surface area contributed by atoms with Crippen molar-refractivity contribution in [3.05, 3.63) is 40.7 Å². The highest BCUT2D eigenvalue weighted by atomic mass is 16.5. The van der Waals surface area contributed by atoms with Crippen molar-refractivity contribution in [3.8, 4) is 0 Å². The monoisotopic (exact) mass is 426 g/mol. The molecule has 4 rings (SSSR count). The van der Waals surface area contributed by atoms with E-state index in [9.17, 15) is 4.79 Å². The Balaban J connectivity index is 1.49. The van der Waals surface area contributed by atoms with Crippen molar-refractivity contribution in [3.63, 3.8) is 0 Å². The first kappa shape index (κ1) is 21.9. The van der Waals surface area contributed by atoms with Crippen LogP contribution in [0.1, 0.15) is 93.1 Å². The van der Waals surface area contributed by atoms with Gasteiger partial charge in [-0.25, -0.2) is 14.6 Å². The molecular formula is C24H34N4O3. The van der Waals surface area contributed by atoms with Gasteiger partial charge in [-0.05, 0) is 78.4 Å². The van der Waals surface area contributed by atoms with E-state index in [0.717, 1.165) is 67.3 Å². The SMILES string of the molecule is CCOC(=O)[C@]1(C)CC[C@@H](c2cc(C)nc(Cc3cc(C)n(C4CCCCO4)n3)n2)C1. The van der Waals surface area contributed by atoms with E-state index in [2.05, 4.69) is 24.0 Å². The van der Waals surface area contributed by atoms with E-state index in [1.54, 1.807) is 0 Å². The van der Waals surface area contributed by atoms with E-state index in [4.69, 9.17) is 19.6 Å². The molecule has 1 saturated carbocycles. The molecule has 3 heterocycles. The van der Waals surface area contributed by atoms with Gasteiger partial charge in [-0.3, -0.25) is 4.79 Å². The van der Waals surface area contributed by atoms with Gasteiger partial charge in [-0.15, -0.1) is 0 Å². The smallest absolute Gasteiger partial charge is 0.311 e. The Kier molecular flexibility index (Phi) is 6.42. The molecule has 1 aliphatic heterocycles. The third kappa shape index (κ3) is 4.81. The van der Waals surface area contributed by atoms with Gasteiger partial charge in [0.05, 0.1) is 24.1 Å². The van der Waals surface area contributed by atoms with Gasteiger partial charge in [-0.2, -0.15) is 5.10 Å². The molecule has 2 aliphatic rings. The molecule has 0 amide bonds. The van der Waals surface area contributed by atoms with Gasteiger partial charge in [0, 0.05) is 29.6 Å². The van der Waals surface area contributed by atoms with Crippen molar-refractivity contribution in [2.24, 2.45) is 5.41 Å². The van der Waals surface area contributed by atoms with Gasteiger partial charge in [0.2, 0.25) is 0 Å². The van der Waals surface area contributed by atoms with E-state index < -0.39 is 5.41 Å². The van der Waals surface area contributed by atoms with Gasteiger partial charge in [-0.1, -0.05) is 0 Å². The lowest BCUT2D eigenvalue weighted by atomic mass is 9.87. The first-order valence-corrected chi connectivity index (χ1v) is 11.6. The molecule has 0 N–H and O–H groups in total. The molecule has 0 spiro atoms. The Labute approximate surface area is 184 Å². The number of rotatable bonds is 6. The van der Waals surface area contributed by atoms with Crippen LogP contribution in [0.5, 0.6) is 0 Å². The standard InChI is InChI=1S/C24H34N4O3/c1-5-30-23(29)24(4)10-9-18(15-24)20-12-16(2)25-21(26-20)14-19-13-17(3)28(27-19)22-8-6-7-11-31-22/h12-13,18,22H,5-11,14-15H2,1-4H3/t18-,22?,24-/m1/s1. The first-order valence-electron chi connectivity index (χ1n) is 11.6. The fourth-order valence-electron chi connectivity index (χ4n) is 4.94. The minimum Gasteiger partial charge on any atom is -0.466 e. The van der Waals surface area contributed by atoms with E-state index in [0.29, 0.717) is 13.0 Å². The molecule has 7 nitrogen and oxygen atoms in total. The second-order valence-corrected chi connectivity index (χ2v) is 9.29. The molecule has 0 bridgehead atoms. The zero-order valence-corrected chi connectivity index (χ0v) is 19.2. The molecular weight excluding hydrogens is 392 g/mol. The predicted octanol–water partition coefficient (Wildman–Crippen LogP) is 4.42. The van der Waals surface area contributed by atoms with Crippen LogP contribution in [0.3, 0.4) is 0 Å². The highest BCUT2D eigenvalue weighted by molar-refractivity contribution is 5.77. The van der Waals surface area contributed by atoms with Crippen molar-refractivity contribution in [2.45, 2.75) is 84.8 Å². The molecule has 31 heavy (non-hydrogen) atoms. The van der Waals surface area contributed by atoms with Crippen molar-refractivity contribution in [1.29, 1.82) is 0 Å². The van der Waals surface area contributed by atoms with E-state index >= 15 is 0 Å². The van der Waals surface area contributed by atoms with E-state index in [-0.39, 0.29) is 18.1 Å². The van der Waals surface area contributed by atoms with Crippen LogP contribution in [0.15, 0.2) is 12.1 Å². The molecule has 1 saturated heterocycles. The molecule has 7 heteroatoms. The summed E-state index contributed by atoms with van der Waals surface area (Å²) in [5.41, 5.74) is 3.64. The van der Waals surface area contributed by atoms with Gasteiger partial charge in [0.15, 0.2) is 0 Å². The quantitative estimate of drug-likeness (QED) is 0.637. The Morgan fingerprint density at radius 2 is 2.10 bits per heavy atom. The minimum absolute atomic E-state index is 0.0375. The second-order valence-electron chi connectivity index (χ2n) is 9.29. The maximum atomic E-state index is 12.4. The van der Waals surface area contributed by atoms with Gasteiger partial charge >= 0.3 is 5.97 Å². The zero-order valence-electron chi connectivity index (χ0n) is 19.2. The first-order chi connectivity index (χ1) is 14.9. The van der Waals surface area contributed by atoms with E-state index in [1.807, 2.05) is 25.5 Å². The molecule has 1 aliphatic carbocycles. The number of hydrogen-bond acceptors (Lipinski definition) is 6. The molecule has 0 radical (unpaired) electrons. The van der Waals surface area contributed by atoms with Crippen molar-refractivity contribution in [1.82, 2.24) is 19.7 Å². The van der Waals surface area contributed by atoms with Crippen LogP contribution in [-0.4, -0.2) is 38.9 Å². The summed E-state index contributed by atoms with van der Waals surface area (Å²) in [6.45, 7) is 9.18. The number of esters is 1. The molecule has 2 aromatic rings. The summed E-state index contributed by atoms with van der Waals surface area (Å²) < 4.78 is 13.2. The minimum atomic E-state index is -0.421. The summed E-state index contributed by atoms with van der Waals surface area (Å²) in [7, 11) is 0. The van der Waals surface area contributed by atoms with Gasteiger partial charge in [0.1, 0.15) is 12.1 Å². The Morgan fingerprint density at radius 3 is 2.84 bits per heavy atom. The Morgan fingerprint density at radius 1 is 1.26 bits per heavy atom. The predicted molar refractivity (Wildman–Crippen MR) is 117 cm³/mol. The summed E-state index contributed by atoms with van der Waals surface area (Å²) in [6.07, 6.45) is 6.49. The topological polar surface area (TPSA) is 79.1 Å². The van der Waals surface area contributed by atoms with Gasteiger partial charge < -0.3 is 9.47 Å². The van der Waals surface area contributed by atoms with Crippen LogP contribution >= 0.6 is 0 Å². The number of nitrogens with zero attached hydrogens (tertiary/aromatic N) is 4. The number of aryl methyl sites for hydroxylation is 2. The number of aromatic nitrogens is 4. The normalized spacial score (nSPS) is 26.2. The van der Waals surface area contributed by atoms with Crippen LogP contribution in [0, 0.1) is 19.3 Å². The third-order valence-electron chi connectivity index (χ3n) is 6.59. The van der Waals surface area contributed by atoms with Gasteiger partial charge in [0.25, 0.3) is 0 Å². The highest BCUT2D eigenvalue weighted by Crippen LogP contribution is 2.46. The van der Waals surface area contributed by atoms with Crippen LogP contribution in [-0.2, 0) is 20.7 Å². The maximum Gasteiger partial charge on any atom is 0.311 e. The molecule has 168 valence electrons. The summed E-state index contributed by atoms with van der Waals surface area (Å²) in [5, 5.41) is 4.80. The van der Waals surface area contributed by atoms with Crippen LogP contribution in [0.25, 0.3) is 0 Å².